The number of benzene rings is 1. The second kappa shape index (κ2) is 6.49. The molecule has 0 saturated carbocycles. The zero-order chi connectivity index (χ0) is 14.5. The molecule has 3 N–H and O–H groups in total. The van der Waals surface area contributed by atoms with Crippen molar-refractivity contribution in [3.8, 4) is 0 Å². The van der Waals surface area contributed by atoms with Crippen LogP contribution in [0.1, 0.15) is 17.9 Å². The molecule has 108 valence electrons. The van der Waals surface area contributed by atoms with Crippen LogP contribution in [0.2, 0.25) is 0 Å². The van der Waals surface area contributed by atoms with Crippen LogP contribution in [0.15, 0.2) is 24.3 Å². The SMILES string of the molecule is NCCOCC(=O)N1CC(CC(=O)O)c2ccccc21. The lowest BCUT2D eigenvalue weighted by molar-refractivity contribution is -0.137. The average molecular weight is 278 g/mol. The number of fused-ring (bicyclic) bond motifs is 1. The molecule has 0 spiro atoms. The predicted octanol–water partition coefficient (Wildman–Crippen LogP) is 0.567. The van der Waals surface area contributed by atoms with Gasteiger partial charge in [-0.1, -0.05) is 18.2 Å². The van der Waals surface area contributed by atoms with E-state index in [1.54, 1.807) is 4.90 Å². The molecule has 0 radical (unpaired) electrons. The second-order valence-electron chi connectivity index (χ2n) is 4.70. The van der Waals surface area contributed by atoms with Crippen molar-refractivity contribution in [2.24, 2.45) is 5.73 Å². The number of amides is 1. The van der Waals surface area contributed by atoms with Gasteiger partial charge in [-0.3, -0.25) is 9.59 Å². The number of para-hydroxylation sites is 1. The van der Waals surface area contributed by atoms with E-state index in [4.69, 9.17) is 15.6 Å². The Morgan fingerprint density at radius 3 is 2.85 bits per heavy atom. The summed E-state index contributed by atoms with van der Waals surface area (Å²) in [5.41, 5.74) is 6.99. The second-order valence-corrected chi connectivity index (χ2v) is 4.70. The molecule has 1 heterocycles. The lowest BCUT2D eigenvalue weighted by Crippen LogP contribution is -2.33. The Balaban J connectivity index is 2.12. The van der Waals surface area contributed by atoms with Crippen LogP contribution < -0.4 is 10.6 Å². The molecule has 6 heteroatoms. The van der Waals surface area contributed by atoms with Crippen molar-refractivity contribution in [1.29, 1.82) is 0 Å². The summed E-state index contributed by atoms with van der Waals surface area (Å²) in [7, 11) is 0. The minimum Gasteiger partial charge on any atom is -0.481 e. The standard InChI is InChI=1S/C14H18N2O4/c15-5-6-20-9-13(17)16-8-10(7-14(18)19)11-3-1-2-4-12(11)16/h1-4,10H,5-9,15H2,(H,18,19). The highest BCUT2D eigenvalue weighted by Gasteiger charge is 2.33. The highest BCUT2D eigenvalue weighted by molar-refractivity contribution is 5.97. The third-order valence-corrected chi connectivity index (χ3v) is 3.28. The van der Waals surface area contributed by atoms with Gasteiger partial charge in [-0.2, -0.15) is 0 Å². The van der Waals surface area contributed by atoms with Crippen LogP contribution in [0.3, 0.4) is 0 Å². The largest absolute Gasteiger partial charge is 0.481 e. The number of hydrogen-bond acceptors (Lipinski definition) is 4. The van der Waals surface area contributed by atoms with Crippen LogP contribution in [0, 0.1) is 0 Å². The molecule has 0 aliphatic carbocycles. The topological polar surface area (TPSA) is 92.9 Å². The first kappa shape index (κ1) is 14.5. The summed E-state index contributed by atoms with van der Waals surface area (Å²) in [6.07, 6.45) is 0.0183. The fourth-order valence-electron chi connectivity index (χ4n) is 2.44. The van der Waals surface area contributed by atoms with Crippen molar-refractivity contribution in [2.75, 3.05) is 31.2 Å². The van der Waals surface area contributed by atoms with Gasteiger partial charge < -0.3 is 20.5 Å². The molecule has 0 saturated heterocycles. The summed E-state index contributed by atoms with van der Waals surface area (Å²) in [6.45, 7) is 1.05. The predicted molar refractivity (Wildman–Crippen MR) is 73.7 cm³/mol. The van der Waals surface area contributed by atoms with Gasteiger partial charge in [0.2, 0.25) is 0 Å². The molecule has 1 aromatic carbocycles. The Labute approximate surface area is 117 Å². The Bertz CT molecular complexity index is 504. The number of nitrogens with two attached hydrogens (primary N) is 1. The smallest absolute Gasteiger partial charge is 0.304 e. The summed E-state index contributed by atoms with van der Waals surface area (Å²) < 4.78 is 5.16. The highest BCUT2D eigenvalue weighted by atomic mass is 16.5. The molecule has 0 bridgehead atoms. The van der Waals surface area contributed by atoms with Gasteiger partial charge >= 0.3 is 5.97 Å². The van der Waals surface area contributed by atoms with Crippen LogP contribution in [-0.4, -0.2) is 43.3 Å². The molecule has 20 heavy (non-hydrogen) atoms. The summed E-state index contributed by atoms with van der Waals surface area (Å²) in [5.74, 6) is -1.19. The van der Waals surface area contributed by atoms with E-state index in [0.29, 0.717) is 19.7 Å². The Morgan fingerprint density at radius 2 is 2.15 bits per heavy atom. The number of carbonyl (C=O) groups excluding carboxylic acids is 1. The van der Waals surface area contributed by atoms with Gasteiger partial charge in [-0.15, -0.1) is 0 Å². The molecule has 0 fully saturated rings. The fraction of sp³-hybridized carbons (Fsp3) is 0.429. The van der Waals surface area contributed by atoms with E-state index in [-0.39, 0.29) is 24.9 Å². The third kappa shape index (κ3) is 3.15. The summed E-state index contributed by atoms with van der Waals surface area (Å²) >= 11 is 0. The van der Waals surface area contributed by atoms with Gasteiger partial charge in [0.25, 0.3) is 5.91 Å². The normalized spacial score (nSPS) is 17.1. The number of ether oxygens (including phenoxy) is 1. The summed E-state index contributed by atoms with van der Waals surface area (Å²) in [6, 6.07) is 7.39. The van der Waals surface area contributed by atoms with E-state index in [2.05, 4.69) is 0 Å². The van der Waals surface area contributed by atoms with Crippen molar-refractivity contribution in [3.63, 3.8) is 0 Å². The van der Waals surface area contributed by atoms with Crippen molar-refractivity contribution in [3.05, 3.63) is 29.8 Å². The molecular weight excluding hydrogens is 260 g/mol. The average Bonchev–Trinajstić information content (AvgIpc) is 2.78. The minimum absolute atomic E-state index is 0.0183. The van der Waals surface area contributed by atoms with E-state index < -0.39 is 5.97 Å². The van der Waals surface area contributed by atoms with E-state index in [9.17, 15) is 9.59 Å². The first-order valence-electron chi connectivity index (χ1n) is 6.52. The molecule has 1 aromatic rings. The van der Waals surface area contributed by atoms with Gasteiger partial charge in [0, 0.05) is 24.7 Å². The number of aliphatic carboxylic acids is 1. The highest BCUT2D eigenvalue weighted by Crippen LogP contribution is 2.37. The molecular formula is C14H18N2O4. The Morgan fingerprint density at radius 1 is 1.40 bits per heavy atom. The van der Waals surface area contributed by atoms with E-state index in [0.717, 1.165) is 11.3 Å². The first-order chi connectivity index (χ1) is 9.63. The van der Waals surface area contributed by atoms with Crippen LogP contribution in [0.25, 0.3) is 0 Å². The number of rotatable bonds is 6. The van der Waals surface area contributed by atoms with Crippen LogP contribution in [0.4, 0.5) is 5.69 Å². The molecule has 0 aromatic heterocycles. The Hall–Kier alpha value is -1.92. The number of carboxylic acid groups (broad SMARTS) is 1. The number of carbonyl (C=O) groups is 2. The number of nitrogens with zero attached hydrogens (tertiary/aromatic N) is 1. The molecule has 1 aliphatic rings. The summed E-state index contributed by atoms with van der Waals surface area (Å²) in [5, 5.41) is 8.96. The van der Waals surface area contributed by atoms with Crippen molar-refractivity contribution < 1.29 is 19.4 Å². The minimum atomic E-state index is -0.863. The van der Waals surface area contributed by atoms with Crippen molar-refractivity contribution in [2.45, 2.75) is 12.3 Å². The van der Waals surface area contributed by atoms with Crippen LogP contribution >= 0.6 is 0 Å². The Kier molecular flexibility index (Phi) is 4.70. The van der Waals surface area contributed by atoms with Crippen molar-refractivity contribution >= 4 is 17.6 Å². The molecule has 1 unspecified atom stereocenters. The van der Waals surface area contributed by atoms with Crippen molar-refractivity contribution in [1.82, 2.24) is 0 Å². The number of carboxylic acids is 1. The molecule has 1 atom stereocenters. The maximum Gasteiger partial charge on any atom is 0.304 e. The van der Waals surface area contributed by atoms with Gasteiger partial charge in [0.05, 0.1) is 13.0 Å². The third-order valence-electron chi connectivity index (χ3n) is 3.28. The zero-order valence-corrected chi connectivity index (χ0v) is 11.1. The van der Waals surface area contributed by atoms with Gasteiger partial charge in [-0.05, 0) is 11.6 Å². The maximum atomic E-state index is 12.1. The van der Waals surface area contributed by atoms with E-state index >= 15 is 0 Å². The van der Waals surface area contributed by atoms with E-state index in [1.807, 2.05) is 24.3 Å². The van der Waals surface area contributed by atoms with Crippen LogP contribution in [0.5, 0.6) is 0 Å². The quantitative estimate of drug-likeness (QED) is 0.742. The first-order valence-corrected chi connectivity index (χ1v) is 6.52. The molecule has 1 amide bonds. The maximum absolute atomic E-state index is 12.1. The monoisotopic (exact) mass is 278 g/mol. The summed E-state index contributed by atoms with van der Waals surface area (Å²) in [4.78, 5) is 24.6. The fourth-order valence-corrected chi connectivity index (χ4v) is 2.44. The van der Waals surface area contributed by atoms with Gasteiger partial charge in [-0.25, -0.2) is 0 Å². The van der Waals surface area contributed by atoms with E-state index in [1.165, 1.54) is 0 Å². The lowest BCUT2D eigenvalue weighted by atomic mass is 9.98. The molecule has 6 nitrogen and oxygen atoms in total. The zero-order valence-electron chi connectivity index (χ0n) is 11.1. The number of hydrogen-bond donors (Lipinski definition) is 2. The molecule has 1 aliphatic heterocycles. The number of anilines is 1. The van der Waals surface area contributed by atoms with Gasteiger partial charge in [0.15, 0.2) is 0 Å². The van der Waals surface area contributed by atoms with Gasteiger partial charge in [0.1, 0.15) is 6.61 Å². The van der Waals surface area contributed by atoms with Crippen LogP contribution in [-0.2, 0) is 14.3 Å². The lowest BCUT2D eigenvalue weighted by Gasteiger charge is -2.17. The molecule has 2 rings (SSSR count).